The molecule has 0 aliphatic carbocycles. The number of benzene rings is 2. The molecular formula is C26H29ClN2O6S. The van der Waals surface area contributed by atoms with Crippen LogP contribution in [0.5, 0.6) is 23.0 Å². The molecular weight excluding hydrogens is 504 g/mol. The largest absolute Gasteiger partial charge is 0.494 e. The maximum atomic E-state index is 12.1. The molecule has 0 aromatic heterocycles. The summed E-state index contributed by atoms with van der Waals surface area (Å²) in [6, 6.07) is 10.6. The van der Waals surface area contributed by atoms with E-state index in [2.05, 4.69) is 17.6 Å². The number of methoxy groups -OCH3 is 1. The smallest absolute Gasteiger partial charge is 0.263 e. The lowest BCUT2D eigenvalue weighted by atomic mass is 10.1. The van der Waals surface area contributed by atoms with Crippen LogP contribution in [0.25, 0.3) is 6.08 Å². The molecule has 1 aliphatic heterocycles. The second kappa shape index (κ2) is 13.7. The molecule has 3 rings (SSSR count). The topological polar surface area (TPSA) is 95.1 Å². The number of nitrogens with one attached hydrogen (secondary N) is 2. The minimum atomic E-state index is -0.595. The van der Waals surface area contributed by atoms with Gasteiger partial charge in [-0.25, -0.2) is 0 Å². The molecule has 0 radical (unpaired) electrons. The van der Waals surface area contributed by atoms with Gasteiger partial charge in [0.05, 0.1) is 18.7 Å². The molecule has 2 N–H and O–H groups in total. The summed E-state index contributed by atoms with van der Waals surface area (Å²) in [5.74, 6) is 0.997. The Balaban J connectivity index is 1.53. The average molecular weight is 533 g/mol. The first kappa shape index (κ1) is 27.3. The van der Waals surface area contributed by atoms with E-state index < -0.39 is 11.8 Å². The lowest BCUT2D eigenvalue weighted by molar-refractivity contribution is -0.123. The Labute approximate surface area is 220 Å². The Morgan fingerprint density at radius 3 is 2.11 bits per heavy atom. The fourth-order valence-corrected chi connectivity index (χ4v) is 3.85. The van der Waals surface area contributed by atoms with Crippen molar-refractivity contribution < 1.29 is 28.5 Å². The summed E-state index contributed by atoms with van der Waals surface area (Å²) in [5, 5.41) is 4.99. The van der Waals surface area contributed by atoms with Crippen LogP contribution >= 0.6 is 23.8 Å². The summed E-state index contributed by atoms with van der Waals surface area (Å²) in [6.07, 6.45) is 6.05. The molecule has 1 fully saturated rings. The number of thiocarbonyl (C=S) groups is 1. The summed E-state index contributed by atoms with van der Waals surface area (Å²) >= 11 is 11.2. The average Bonchev–Trinajstić information content (AvgIpc) is 2.85. The van der Waals surface area contributed by atoms with Crippen molar-refractivity contribution in [1.82, 2.24) is 10.6 Å². The van der Waals surface area contributed by atoms with Crippen molar-refractivity contribution in [3.8, 4) is 23.0 Å². The molecule has 0 saturated carbocycles. The van der Waals surface area contributed by atoms with Crippen molar-refractivity contribution in [2.75, 3.05) is 26.9 Å². The first-order valence-corrected chi connectivity index (χ1v) is 12.4. The normalized spacial score (nSPS) is 13.1. The van der Waals surface area contributed by atoms with Gasteiger partial charge in [0.2, 0.25) is 0 Å². The van der Waals surface area contributed by atoms with Gasteiger partial charge in [0, 0.05) is 0 Å². The van der Waals surface area contributed by atoms with Gasteiger partial charge < -0.3 is 18.9 Å². The maximum absolute atomic E-state index is 12.1. The lowest BCUT2D eigenvalue weighted by Crippen LogP contribution is -2.51. The predicted molar refractivity (Wildman–Crippen MR) is 142 cm³/mol. The van der Waals surface area contributed by atoms with E-state index in [1.165, 1.54) is 32.4 Å². The van der Waals surface area contributed by atoms with Crippen LogP contribution < -0.4 is 29.6 Å². The van der Waals surface area contributed by atoms with Crippen LogP contribution in [0.1, 0.15) is 38.2 Å². The van der Waals surface area contributed by atoms with Gasteiger partial charge in [-0.1, -0.05) is 37.8 Å². The number of halogens is 1. The number of hydrogen-bond acceptors (Lipinski definition) is 7. The molecule has 10 heteroatoms. The van der Waals surface area contributed by atoms with Crippen LogP contribution in [0.3, 0.4) is 0 Å². The Morgan fingerprint density at radius 1 is 0.889 bits per heavy atom. The van der Waals surface area contributed by atoms with Crippen molar-refractivity contribution in [3.63, 3.8) is 0 Å². The molecule has 1 saturated heterocycles. The van der Waals surface area contributed by atoms with E-state index >= 15 is 0 Å². The van der Waals surface area contributed by atoms with Crippen molar-refractivity contribution in [1.29, 1.82) is 0 Å². The predicted octanol–water partition coefficient (Wildman–Crippen LogP) is 4.68. The number of unbranched alkanes of at least 4 members (excludes halogenated alkanes) is 3. The van der Waals surface area contributed by atoms with Crippen LogP contribution in [-0.4, -0.2) is 43.9 Å². The molecule has 2 aromatic carbocycles. The number of rotatable bonds is 13. The van der Waals surface area contributed by atoms with Crippen molar-refractivity contribution in [2.24, 2.45) is 0 Å². The summed E-state index contributed by atoms with van der Waals surface area (Å²) in [4.78, 5) is 24.2. The molecule has 0 bridgehead atoms. The number of ether oxygens (including phenoxy) is 4. The second-order valence-electron chi connectivity index (χ2n) is 7.91. The highest BCUT2D eigenvalue weighted by atomic mass is 35.5. The van der Waals surface area contributed by atoms with E-state index in [4.69, 9.17) is 42.8 Å². The van der Waals surface area contributed by atoms with E-state index in [1.807, 2.05) is 24.3 Å². The second-order valence-corrected chi connectivity index (χ2v) is 8.72. The molecule has 36 heavy (non-hydrogen) atoms. The zero-order valence-corrected chi connectivity index (χ0v) is 21.8. The third-order valence-electron chi connectivity index (χ3n) is 5.19. The monoisotopic (exact) mass is 532 g/mol. The molecule has 0 unspecified atom stereocenters. The number of carbonyl (C=O) groups excluding carboxylic acids is 2. The lowest BCUT2D eigenvalue weighted by Gasteiger charge is -2.17. The van der Waals surface area contributed by atoms with Crippen LogP contribution in [-0.2, 0) is 9.59 Å². The van der Waals surface area contributed by atoms with E-state index in [9.17, 15) is 9.59 Å². The van der Waals surface area contributed by atoms with Crippen molar-refractivity contribution >= 4 is 46.8 Å². The van der Waals surface area contributed by atoms with Crippen LogP contribution in [0.2, 0.25) is 5.02 Å². The molecule has 192 valence electrons. The highest BCUT2D eigenvalue weighted by Gasteiger charge is 2.26. The Kier molecular flexibility index (Phi) is 10.4. The molecule has 1 heterocycles. The van der Waals surface area contributed by atoms with Crippen LogP contribution in [0.15, 0.2) is 42.0 Å². The summed E-state index contributed by atoms with van der Waals surface area (Å²) < 4.78 is 22.7. The van der Waals surface area contributed by atoms with Gasteiger partial charge in [-0.05, 0) is 66.7 Å². The molecule has 8 nitrogen and oxygen atoms in total. The fraction of sp³-hybridized carbons (Fsp3) is 0.346. The van der Waals surface area contributed by atoms with E-state index in [0.717, 1.165) is 12.2 Å². The van der Waals surface area contributed by atoms with Crippen LogP contribution in [0.4, 0.5) is 0 Å². The molecule has 1 aliphatic rings. The molecule has 0 atom stereocenters. The summed E-state index contributed by atoms with van der Waals surface area (Å²) in [5.41, 5.74) is 0.387. The Bertz CT molecular complexity index is 1100. The van der Waals surface area contributed by atoms with Gasteiger partial charge in [-0.2, -0.15) is 0 Å². The SMILES string of the molecule is CCCCCCOc1ccc(OCCOc2c(Cl)cc(C=C3C(=O)NC(=S)NC3=O)cc2OC)cc1. The zero-order chi connectivity index (χ0) is 25.9. The Morgan fingerprint density at radius 2 is 1.50 bits per heavy atom. The van der Waals surface area contributed by atoms with Gasteiger partial charge in [0.25, 0.3) is 11.8 Å². The van der Waals surface area contributed by atoms with Gasteiger partial charge in [-0.15, -0.1) is 0 Å². The fourth-order valence-electron chi connectivity index (χ4n) is 3.39. The van der Waals surface area contributed by atoms with Crippen molar-refractivity contribution in [2.45, 2.75) is 32.6 Å². The summed E-state index contributed by atoms with van der Waals surface area (Å²) in [7, 11) is 1.47. The number of amides is 2. The molecule has 0 spiro atoms. The van der Waals surface area contributed by atoms with Gasteiger partial charge in [0.1, 0.15) is 30.3 Å². The number of carbonyl (C=O) groups is 2. The number of hydrogen-bond donors (Lipinski definition) is 2. The standard InChI is InChI=1S/C26H29ClN2O6S/c1-3-4-5-6-11-33-18-7-9-19(10-8-18)34-12-13-35-23-21(27)15-17(16-22(23)32-2)14-20-24(30)28-26(36)29-25(20)31/h7-10,14-16H,3-6,11-13H2,1-2H3,(H2,28,29,30,31,36). The third kappa shape index (κ3) is 7.86. The Hall–Kier alpha value is -3.30. The zero-order valence-electron chi connectivity index (χ0n) is 20.2. The highest BCUT2D eigenvalue weighted by Crippen LogP contribution is 2.37. The van der Waals surface area contributed by atoms with E-state index in [-0.39, 0.29) is 28.9 Å². The summed E-state index contributed by atoms with van der Waals surface area (Å²) in [6.45, 7) is 3.39. The van der Waals surface area contributed by atoms with Gasteiger partial charge in [0.15, 0.2) is 16.6 Å². The minimum absolute atomic E-state index is 0.0363. The molecule has 2 amide bonds. The van der Waals surface area contributed by atoms with E-state index in [1.54, 1.807) is 12.1 Å². The highest BCUT2D eigenvalue weighted by molar-refractivity contribution is 7.80. The maximum Gasteiger partial charge on any atom is 0.263 e. The first-order valence-electron chi connectivity index (χ1n) is 11.7. The molecule has 2 aromatic rings. The van der Waals surface area contributed by atoms with Crippen LogP contribution in [0, 0.1) is 0 Å². The van der Waals surface area contributed by atoms with Gasteiger partial charge >= 0.3 is 0 Å². The minimum Gasteiger partial charge on any atom is -0.494 e. The quantitative estimate of drug-likeness (QED) is 0.167. The third-order valence-corrected chi connectivity index (χ3v) is 5.68. The van der Waals surface area contributed by atoms with Crippen molar-refractivity contribution in [3.05, 3.63) is 52.6 Å². The van der Waals surface area contributed by atoms with E-state index in [0.29, 0.717) is 29.4 Å². The van der Waals surface area contributed by atoms with Gasteiger partial charge in [-0.3, -0.25) is 20.2 Å². The first-order chi connectivity index (χ1) is 17.4.